The standard InChI is InChI=1S/C27H22O5/c1-2-26(28)30-18-17-29-25-19-24(31-20-11-5-3-6-12-20)22-15-9-10-16-23(22)27(25)32-21-13-7-4-8-14-21/h2-16,19H,1,17-18H2. The second-order valence-electron chi connectivity index (χ2n) is 6.80. The van der Waals surface area contributed by atoms with Crippen LogP contribution in [0.1, 0.15) is 0 Å². The average molecular weight is 426 g/mol. The third-order valence-corrected chi connectivity index (χ3v) is 4.61. The summed E-state index contributed by atoms with van der Waals surface area (Å²) in [5, 5.41) is 1.72. The van der Waals surface area contributed by atoms with Crippen LogP contribution >= 0.6 is 0 Å². The molecule has 0 aliphatic heterocycles. The van der Waals surface area contributed by atoms with E-state index in [4.69, 9.17) is 18.9 Å². The Bertz CT molecular complexity index is 1200. The highest BCUT2D eigenvalue weighted by atomic mass is 16.6. The van der Waals surface area contributed by atoms with Gasteiger partial charge in [0.2, 0.25) is 0 Å². The Morgan fingerprint density at radius 2 is 1.31 bits per heavy atom. The second kappa shape index (κ2) is 10.2. The molecule has 0 aliphatic rings. The first kappa shape index (κ1) is 21.0. The lowest BCUT2D eigenvalue weighted by Gasteiger charge is -2.18. The van der Waals surface area contributed by atoms with Gasteiger partial charge in [0.05, 0.1) is 0 Å². The van der Waals surface area contributed by atoms with Gasteiger partial charge in [-0.25, -0.2) is 4.79 Å². The molecule has 0 radical (unpaired) electrons. The number of para-hydroxylation sites is 2. The van der Waals surface area contributed by atoms with Crippen molar-refractivity contribution in [3.63, 3.8) is 0 Å². The minimum Gasteiger partial charge on any atom is -0.486 e. The summed E-state index contributed by atoms with van der Waals surface area (Å²) in [6.45, 7) is 3.62. The fourth-order valence-corrected chi connectivity index (χ4v) is 3.16. The molecule has 0 heterocycles. The second-order valence-corrected chi connectivity index (χ2v) is 6.80. The zero-order valence-electron chi connectivity index (χ0n) is 17.4. The van der Waals surface area contributed by atoms with Crippen molar-refractivity contribution in [3.05, 3.63) is 104 Å². The van der Waals surface area contributed by atoms with E-state index in [1.165, 1.54) is 0 Å². The summed E-state index contributed by atoms with van der Waals surface area (Å²) in [5.41, 5.74) is 0. The van der Waals surface area contributed by atoms with Crippen molar-refractivity contribution >= 4 is 16.7 Å². The van der Waals surface area contributed by atoms with Crippen molar-refractivity contribution < 1.29 is 23.7 Å². The molecule has 4 aromatic rings. The Morgan fingerprint density at radius 1 is 0.719 bits per heavy atom. The van der Waals surface area contributed by atoms with Gasteiger partial charge in [0.15, 0.2) is 11.5 Å². The van der Waals surface area contributed by atoms with Crippen LogP contribution in [0, 0.1) is 0 Å². The molecule has 4 rings (SSSR count). The molecule has 0 saturated heterocycles. The van der Waals surface area contributed by atoms with E-state index in [0.717, 1.165) is 16.8 Å². The van der Waals surface area contributed by atoms with Crippen LogP contribution in [0.4, 0.5) is 0 Å². The van der Waals surface area contributed by atoms with Crippen LogP contribution in [0.2, 0.25) is 0 Å². The fraction of sp³-hybridized carbons (Fsp3) is 0.0741. The van der Waals surface area contributed by atoms with Gasteiger partial charge in [-0.1, -0.05) is 67.2 Å². The molecule has 5 heteroatoms. The molecule has 0 spiro atoms. The quantitative estimate of drug-likeness (QED) is 0.173. The molecule has 0 N–H and O–H groups in total. The van der Waals surface area contributed by atoms with Crippen molar-refractivity contribution in [1.29, 1.82) is 0 Å². The molecule has 4 aromatic carbocycles. The van der Waals surface area contributed by atoms with Crippen LogP contribution in [0.5, 0.6) is 28.7 Å². The van der Waals surface area contributed by atoms with E-state index in [0.29, 0.717) is 28.7 Å². The molecular formula is C27H22O5. The summed E-state index contributed by atoms with van der Waals surface area (Å²) in [6, 6.07) is 28.6. The fourth-order valence-electron chi connectivity index (χ4n) is 3.16. The number of carbonyl (C=O) groups excluding carboxylic acids is 1. The minimum absolute atomic E-state index is 0.0807. The third-order valence-electron chi connectivity index (χ3n) is 4.61. The number of hydrogen-bond acceptors (Lipinski definition) is 5. The molecule has 0 amide bonds. The number of hydrogen-bond donors (Lipinski definition) is 0. The SMILES string of the molecule is C=CC(=O)OCCOc1cc(Oc2ccccc2)c2ccccc2c1Oc1ccccc1. The molecule has 0 aliphatic carbocycles. The van der Waals surface area contributed by atoms with Gasteiger partial charge in [0, 0.05) is 22.9 Å². The lowest BCUT2D eigenvalue weighted by molar-refractivity contribution is -0.138. The summed E-state index contributed by atoms with van der Waals surface area (Å²) in [5.74, 6) is 2.55. The van der Waals surface area contributed by atoms with Gasteiger partial charge < -0.3 is 18.9 Å². The van der Waals surface area contributed by atoms with Crippen molar-refractivity contribution in [2.24, 2.45) is 0 Å². The van der Waals surface area contributed by atoms with Gasteiger partial charge in [0.1, 0.15) is 30.5 Å². The van der Waals surface area contributed by atoms with Crippen molar-refractivity contribution in [2.75, 3.05) is 13.2 Å². The highest BCUT2D eigenvalue weighted by Crippen LogP contribution is 2.44. The molecule has 0 fully saturated rings. The summed E-state index contributed by atoms with van der Waals surface area (Å²) >= 11 is 0. The van der Waals surface area contributed by atoms with Crippen LogP contribution < -0.4 is 14.2 Å². The van der Waals surface area contributed by atoms with Crippen LogP contribution in [-0.2, 0) is 9.53 Å². The largest absolute Gasteiger partial charge is 0.486 e. The summed E-state index contributed by atoms with van der Waals surface area (Å²) in [4.78, 5) is 11.3. The normalized spacial score (nSPS) is 10.4. The first-order valence-electron chi connectivity index (χ1n) is 10.2. The monoisotopic (exact) mass is 426 g/mol. The highest BCUT2D eigenvalue weighted by Gasteiger charge is 2.17. The van der Waals surface area contributed by atoms with E-state index in [2.05, 4.69) is 6.58 Å². The Morgan fingerprint density at radius 3 is 1.97 bits per heavy atom. The lowest BCUT2D eigenvalue weighted by atomic mass is 10.1. The van der Waals surface area contributed by atoms with Crippen LogP contribution in [-0.4, -0.2) is 19.2 Å². The summed E-state index contributed by atoms with van der Waals surface area (Å²) in [7, 11) is 0. The van der Waals surface area contributed by atoms with E-state index in [-0.39, 0.29) is 13.2 Å². The highest BCUT2D eigenvalue weighted by molar-refractivity contribution is 5.96. The number of rotatable bonds is 9. The Balaban J connectivity index is 1.73. The zero-order valence-corrected chi connectivity index (χ0v) is 17.4. The molecule has 0 unspecified atom stereocenters. The van der Waals surface area contributed by atoms with Gasteiger partial charge in [-0.15, -0.1) is 0 Å². The van der Waals surface area contributed by atoms with Crippen molar-refractivity contribution in [1.82, 2.24) is 0 Å². The van der Waals surface area contributed by atoms with E-state index < -0.39 is 5.97 Å². The topological polar surface area (TPSA) is 54.0 Å². The molecular weight excluding hydrogens is 404 g/mol. The number of ether oxygens (including phenoxy) is 4. The Hall–Kier alpha value is -4.25. The number of benzene rings is 4. The van der Waals surface area contributed by atoms with Crippen molar-refractivity contribution in [3.8, 4) is 28.7 Å². The number of esters is 1. The molecule has 0 atom stereocenters. The van der Waals surface area contributed by atoms with E-state index in [9.17, 15) is 4.79 Å². The van der Waals surface area contributed by atoms with E-state index in [1.54, 1.807) is 6.07 Å². The van der Waals surface area contributed by atoms with Crippen molar-refractivity contribution in [2.45, 2.75) is 0 Å². The van der Waals surface area contributed by atoms with E-state index >= 15 is 0 Å². The van der Waals surface area contributed by atoms with Gasteiger partial charge >= 0.3 is 5.97 Å². The maximum atomic E-state index is 11.3. The van der Waals surface area contributed by atoms with E-state index in [1.807, 2.05) is 84.9 Å². The van der Waals surface area contributed by atoms with Gasteiger partial charge in [0.25, 0.3) is 0 Å². The third kappa shape index (κ3) is 5.08. The number of fused-ring (bicyclic) bond motifs is 1. The molecule has 0 saturated carbocycles. The first-order valence-corrected chi connectivity index (χ1v) is 10.2. The van der Waals surface area contributed by atoms with Crippen LogP contribution in [0.15, 0.2) is 104 Å². The summed E-state index contributed by atoms with van der Waals surface area (Å²) < 4.78 is 23.4. The van der Waals surface area contributed by atoms with Crippen LogP contribution in [0.3, 0.4) is 0 Å². The average Bonchev–Trinajstić information content (AvgIpc) is 2.85. The Kier molecular flexibility index (Phi) is 6.68. The maximum absolute atomic E-state index is 11.3. The minimum atomic E-state index is -0.499. The maximum Gasteiger partial charge on any atom is 0.330 e. The van der Waals surface area contributed by atoms with Crippen LogP contribution in [0.25, 0.3) is 10.8 Å². The predicted molar refractivity (Wildman–Crippen MR) is 124 cm³/mol. The smallest absolute Gasteiger partial charge is 0.330 e. The number of carbonyl (C=O) groups is 1. The van der Waals surface area contributed by atoms with Gasteiger partial charge in [-0.3, -0.25) is 0 Å². The van der Waals surface area contributed by atoms with Gasteiger partial charge in [-0.05, 0) is 24.3 Å². The zero-order chi connectivity index (χ0) is 22.2. The first-order chi connectivity index (χ1) is 15.7. The lowest BCUT2D eigenvalue weighted by Crippen LogP contribution is -2.10. The summed E-state index contributed by atoms with van der Waals surface area (Å²) in [6.07, 6.45) is 1.12. The molecule has 0 bridgehead atoms. The van der Waals surface area contributed by atoms with Gasteiger partial charge in [-0.2, -0.15) is 0 Å². The molecule has 32 heavy (non-hydrogen) atoms. The Labute approximate surface area is 186 Å². The molecule has 160 valence electrons. The molecule has 5 nitrogen and oxygen atoms in total. The molecule has 0 aromatic heterocycles. The predicted octanol–water partition coefficient (Wildman–Crippen LogP) is 6.53.